The van der Waals surface area contributed by atoms with Gasteiger partial charge in [-0.3, -0.25) is 0 Å². The maximum atomic E-state index is 10.5. The maximum absolute atomic E-state index is 10.5. The van der Waals surface area contributed by atoms with Gasteiger partial charge in [0.2, 0.25) is 0 Å². The second-order valence-corrected chi connectivity index (χ2v) is 5.61. The molecule has 0 fully saturated rings. The van der Waals surface area contributed by atoms with Crippen LogP contribution in [-0.2, 0) is 12.8 Å². The highest BCUT2D eigenvalue weighted by Crippen LogP contribution is 2.40. The molecule has 0 aliphatic rings. The van der Waals surface area contributed by atoms with Crippen molar-refractivity contribution in [2.75, 3.05) is 0 Å². The summed E-state index contributed by atoms with van der Waals surface area (Å²) in [6.45, 7) is 9.27. The molecule has 2 N–H and O–H groups in total. The molecule has 22 heavy (non-hydrogen) atoms. The molecule has 0 spiro atoms. The molecule has 0 aliphatic carbocycles. The summed E-state index contributed by atoms with van der Waals surface area (Å²) in [6, 6.07) is 7.21. The molecular weight excluding hydrogens is 296 g/mol. The standard InChI is InChI=1S/C19H19ClO2/c1-4-6-13-9-8-12(3)18(19(13)22)14-10-16(20)15(7-5-2)17(21)11-14/h4-5,8-11,21-22H,1-2,6-7H2,3H3. The summed E-state index contributed by atoms with van der Waals surface area (Å²) >= 11 is 6.26. The molecule has 3 heteroatoms. The van der Waals surface area contributed by atoms with Crippen molar-refractivity contribution in [2.24, 2.45) is 0 Å². The zero-order chi connectivity index (χ0) is 16.3. The van der Waals surface area contributed by atoms with Crippen molar-refractivity contribution < 1.29 is 10.2 Å². The van der Waals surface area contributed by atoms with Crippen molar-refractivity contribution in [1.82, 2.24) is 0 Å². The highest BCUT2D eigenvalue weighted by molar-refractivity contribution is 6.32. The highest BCUT2D eigenvalue weighted by atomic mass is 35.5. The Labute approximate surface area is 136 Å². The van der Waals surface area contributed by atoms with Gasteiger partial charge in [-0.2, -0.15) is 0 Å². The van der Waals surface area contributed by atoms with E-state index in [0.717, 1.165) is 11.1 Å². The van der Waals surface area contributed by atoms with Crippen molar-refractivity contribution in [3.63, 3.8) is 0 Å². The van der Waals surface area contributed by atoms with Crippen molar-refractivity contribution in [1.29, 1.82) is 0 Å². The summed E-state index contributed by atoms with van der Waals surface area (Å²) < 4.78 is 0. The van der Waals surface area contributed by atoms with Crippen LogP contribution >= 0.6 is 11.6 Å². The minimum absolute atomic E-state index is 0.107. The Balaban J connectivity index is 2.64. The van der Waals surface area contributed by atoms with Crippen LogP contribution in [0.3, 0.4) is 0 Å². The van der Waals surface area contributed by atoms with Crippen molar-refractivity contribution in [3.8, 4) is 22.6 Å². The first-order valence-electron chi connectivity index (χ1n) is 7.04. The lowest BCUT2D eigenvalue weighted by Gasteiger charge is -2.14. The number of benzene rings is 2. The molecule has 0 saturated heterocycles. The second-order valence-electron chi connectivity index (χ2n) is 5.21. The van der Waals surface area contributed by atoms with E-state index in [1.54, 1.807) is 24.3 Å². The van der Waals surface area contributed by atoms with Crippen LogP contribution < -0.4 is 0 Å². The third-order valence-corrected chi connectivity index (χ3v) is 3.98. The topological polar surface area (TPSA) is 40.5 Å². The van der Waals surface area contributed by atoms with E-state index in [0.29, 0.717) is 34.6 Å². The van der Waals surface area contributed by atoms with Crippen molar-refractivity contribution in [2.45, 2.75) is 19.8 Å². The second kappa shape index (κ2) is 6.71. The summed E-state index contributed by atoms with van der Waals surface area (Å²) in [5.41, 5.74) is 3.72. The smallest absolute Gasteiger partial charge is 0.127 e. The molecular formula is C19H19ClO2. The average Bonchev–Trinajstić information content (AvgIpc) is 2.46. The zero-order valence-electron chi connectivity index (χ0n) is 12.6. The molecule has 2 rings (SSSR count). The first-order valence-corrected chi connectivity index (χ1v) is 7.42. The molecule has 0 bridgehead atoms. The third kappa shape index (κ3) is 3.02. The first-order chi connectivity index (χ1) is 10.5. The number of hydrogen-bond acceptors (Lipinski definition) is 2. The number of rotatable bonds is 5. The van der Waals surface area contributed by atoms with Crippen LogP contribution in [0.25, 0.3) is 11.1 Å². The van der Waals surface area contributed by atoms with Gasteiger partial charge in [0, 0.05) is 16.1 Å². The number of allylic oxidation sites excluding steroid dienone is 2. The van der Waals surface area contributed by atoms with Crippen LogP contribution in [-0.4, -0.2) is 10.2 Å². The molecule has 0 radical (unpaired) electrons. The largest absolute Gasteiger partial charge is 0.508 e. The fourth-order valence-corrected chi connectivity index (χ4v) is 2.82. The van der Waals surface area contributed by atoms with E-state index in [1.165, 1.54) is 0 Å². The van der Waals surface area contributed by atoms with Crippen LogP contribution in [0.4, 0.5) is 0 Å². The Morgan fingerprint density at radius 2 is 1.77 bits per heavy atom. The summed E-state index contributed by atoms with van der Waals surface area (Å²) in [6.07, 6.45) is 4.50. The molecule has 0 amide bonds. The molecule has 0 heterocycles. The Morgan fingerprint density at radius 3 is 2.36 bits per heavy atom. The van der Waals surface area contributed by atoms with E-state index in [9.17, 15) is 10.2 Å². The summed E-state index contributed by atoms with van der Waals surface area (Å²) in [7, 11) is 0. The van der Waals surface area contributed by atoms with Gasteiger partial charge in [0.25, 0.3) is 0 Å². The summed E-state index contributed by atoms with van der Waals surface area (Å²) in [4.78, 5) is 0. The Morgan fingerprint density at radius 1 is 1.09 bits per heavy atom. The van der Waals surface area contributed by atoms with Gasteiger partial charge in [0.15, 0.2) is 0 Å². The van der Waals surface area contributed by atoms with Gasteiger partial charge < -0.3 is 10.2 Å². The molecule has 0 saturated carbocycles. The number of aryl methyl sites for hydroxylation is 1. The van der Waals surface area contributed by atoms with Gasteiger partial charge >= 0.3 is 0 Å². The van der Waals surface area contributed by atoms with Crippen LogP contribution in [0.5, 0.6) is 11.5 Å². The number of halogens is 1. The molecule has 2 nitrogen and oxygen atoms in total. The maximum Gasteiger partial charge on any atom is 0.127 e. The summed E-state index contributed by atoms with van der Waals surface area (Å²) in [5.74, 6) is 0.308. The van der Waals surface area contributed by atoms with E-state index in [2.05, 4.69) is 13.2 Å². The van der Waals surface area contributed by atoms with Crippen LogP contribution in [0.2, 0.25) is 5.02 Å². The van der Waals surface area contributed by atoms with Crippen LogP contribution in [0, 0.1) is 6.92 Å². The monoisotopic (exact) mass is 314 g/mol. The Bertz CT molecular complexity index is 709. The third-order valence-electron chi connectivity index (χ3n) is 3.64. The predicted molar refractivity (Wildman–Crippen MR) is 92.8 cm³/mol. The minimum atomic E-state index is 0.107. The van der Waals surface area contributed by atoms with Crippen molar-refractivity contribution >= 4 is 11.6 Å². The fraction of sp³-hybridized carbons (Fsp3) is 0.158. The molecule has 0 unspecified atom stereocenters. The molecule has 0 aromatic heterocycles. The number of phenols is 2. The lowest BCUT2D eigenvalue weighted by atomic mass is 9.94. The van der Waals surface area contributed by atoms with Gasteiger partial charge in [-0.1, -0.05) is 35.9 Å². The van der Waals surface area contributed by atoms with Gasteiger partial charge in [0.05, 0.1) is 0 Å². The first kappa shape index (κ1) is 16.2. The SMILES string of the molecule is C=CCc1ccc(C)c(-c2cc(O)c(CC=C)c(Cl)c2)c1O. The molecule has 2 aromatic rings. The van der Waals surface area contributed by atoms with E-state index in [1.807, 2.05) is 19.1 Å². The van der Waals surface area contributed by atoms with Crippen LogP contribution in [0.1, 0.15) is 16.7 Å². The quantitative estimate of drug-likeness (QED) is 0.746. The lowest BCUT2D eigenvalue weighted by Crippen LogP contribution is -1.92. The molecule has 2 aromatic carbocycles. The van der Waals surface area contributed by atoms with Crippen LogP contribution in [0.15, 0.2) is 49.6 Å². The molecule has 114 valence electrons. The average molecular weight is 315 g/mol. The lowest BCUT2D eigenvalue weighted by molar-refractivity contribution is 0.468. The molecule has 0 atom stereocenters. The van der Waals surface area contributed by atoms with E-state index >= 15 is 0 Å². The van der Waals surface area contributed by atoms with E-state index in [4.69, 9.17) is 11.6 Å². The zero-order valence-corrected chi connectivity index (χ0v) is 13.3. The van der Waals surface area contributed by atoms with E-state index < -0.39 is 0 Å². The van der Waals surface area contributed by atoms with E-state index in [-0.39, 0.29) is 11.5 Å². The van der Waals surface area contributed by atoms with Gasteiger partial charge in [-0.25, -0.2) is 0 Å². The predicted octanol–water partition coefficient (Wildman–Crippen LogP) is 5.18. The highest BCUT2D eigenvalue weighted by Gasteiger charge is 2.15. The number of aromatic hydroxyl groups is 2. The minimum Gasteiger partial charge on any atom is -0.508 e. The summed E-state index contributed by atoms with van der Waals surface area (Å²) in [5, 5.41) is 21.2. The number of phenolic OH excluding ortho intramolecular Hbond substituents is 2. The van der Waals surface area contributed by atoms with Gasteiger partial charge in [-0.05, 0) is 48.6 Å². The van der Waals surface area contributed by atoms with Crippen molar-refractivity contribution in [3.05, 3.63) is 71.3 Å². The Kier molecular flexibility index (Phi) is 4.94. The molecule has 0 aliphatic heterocycles. The number of hydrogen-bond donors (Lipinski definition) is 2. The van der Waals surface area contributed by atoms with Gasteiger partial charge in [0.1, 0.15) is 11.5 Å². The van der Waals surface area contributed by atoms with Gasteiger partial charge in [-0.15, -0.1) is 13.2 Å². The Hall–Kier alpha value is -2.19. The fourth-order valence-electron chi connectivity index (χ4n) is 2.53. The normalized spacial score (nSPS) is 10.5.